The predicted octanol–water partition coefficient (Wildman–Crippen LogP) is 3.08. The highest BCUT2D eigenvalue weighted by atomic mass is 16.5. The molecule has 0 saturated heterocycles. The maximum absolute atomic E-state index is 12.7. The van der Waals surface area contributed by atoms with E-state index in [2.05, 4.69) is 11.9 Å². The zero-order chi connectivity index (χ0) is 18.0. The van der Waals surface area contributed by atoms with Gasteiger partial charge in [-0.05, 0) is 37.5 Å². The van der Waals surface area contributed by atoms with Gasteiger partial charge in [-0.1, -0.05) is 18.7 Å². The predicted molar refractivity (Wildman–Crippen MR) is 94.0 cm³/mol. The summed E-state index contributed by atoms with van der Waals surface area (Å²) in [5.41, 5.74) is 3.01. The van der Waals surface area contributed by atoms with Crippen molar-refractivity contribution in [2.75, 3.05) is 13.7 Å². The monoisotopic (exact) mass is 341 g/mol. The Morgan fingerprint density at radius 2 is 2.16 bits per heavy atom. The molecule has 2 unspecified atom stereocenters. The number of methoxy groups -OCH3 is 1. The van der Waals surface area contributed by atoms with Gasteiger partial charge in [-0.2, -0.15) is 0 Å². The molecular formula is C20H23NO4. The average Bonchev–Trinajstić information content (AvgIpc) is 2.60. The number of carbonyl (C=O) groups excluding carboxylic acids is 2. The number of Topliss-reactive ketones (excluding diaryl/α,β-unsaturated/α-hetero) is 1. The molecule has 0 aromatic heterocycles. The number of benzene rings is 1. The van der Waals surface area contributed by atoms with E-state index in [4.69, 9.17) is 9.47 Å². The number of ether oxygens (including phenoxy) is 2. The van der Waals surface area contributed by atoms with Gasteiger partial charge in [-0.15, -0.1) is 0 Å². The first-order chi connectivity index (χ1) is 12.1. The summed E-state index contributed by atoms with van der Waals surface area (Å²) in [6, 6.07) is 7.57. The molecule has 2 aliphatic rings. The van der Waals surface area contributed by atoms with Crippen LogP contribution < -0.4 is 10.1 Å². The van der Waals surface area contributed by atoms with Crippen molar-refractivity contribution in [2.45, 2.75) is 32.1 Å². The zero-order valence-corrected chi connectivity index (χ0v) is 14.6. The lowest BCUT2D eigenvalue weighted by molar-refractivity contribution is -0.144. The van der Waals surface area contributed by atoms with Crippen molar-refractivity contribution in [3.8, 4) is 5.75 Å². The molecular weight excluding hydrogens is 318 g/mol. The van der Waals surface area contributed by atoms with Gasteiger partial charge >= 0.3 is 5.97 Å². The second kappa shape index (κ2) is 7.13. The zero-order valence-electron chi connectivity index (χ0n) is 14.6. The van der Waals surface area contributed by atoms with Crippen LogP contribution in [-0.2, 0) is 14.3 Å². The normalized spacial score (nSPS) is 23.0. The van der Waals surface area contributed by atoms with Gasteiger partial charge in [0.25, 0.3) is 0 Å². The molecule has 1 aromatic carbocycles. The molecule has 1 aromatic rings. The summed E-state index contributed by atoms with van der Waals surface area (Å²) >= 11 is 0. The number of carbonyl (C=O) groups is 2. The molecule has 1 N–H and O–H groups in total. The first-order valence-corrected chi connectivity index (χ1v) is 8.59. The molecule has 2 atom stereocenters. The van der Waals surface area contributed by atoms with Gasteiger partial charge in [-0.25, -0.2) is 0 Å². The summed E-state index contributed by atoms with van der Waals surface area (Å²) in [6.07, 6.45) is 2.10. The van der Waals surface area contributed by atoms with E-state index in [0.29, 0.717) is 24.3 Å². The van der Waals surface area contributed by atoms with Gasteiger partial charge in [0.05, 0.1) is 13.7 Å². The summed E-state index contributed by atoms with van der Waals surface area (Å²) < 4.78 is 10.6. The summed E-state index contributed by atoms with van der Waals surface area (Å²) in [6.45, 7) is 6.50. The Morgan fingerprint density at radius 1 is 1.36 bits per heavy atom. The molecule has 1 aliphatic heterocycles. The highest BCUT2D eigenvalue weighted by Crippen LogP contribution is 2.44. The second-order valence-corrected chi connectivity index (χ2v) is 6.30. The molecule has 132 valence electrons. The number of ketones is 1. The fourth-order valence-corrected chi connectivity index (χ4v) is 3.72. The number of hydrogen-bond donors (Lipinski definition) is 1. The highest BCUT2D eigenvalue weighted by molar-refractivity contribution is 6.00. The summed E-state index contributed by atoms with van der Waals surface area (Å²) in [7, 11) is 1.36. The quantitative estimate of drug-likeness (QED) is 0.853. The van der Waals surface area contributed by atoms with Crippen molar-refractivity contribution in [1.82, 2.24) is 5.32 Å². The largest absolute Gasteiger partial charge is 0.494 e. The van der Waals surface area contributed by atoms with Crippen molar-refractivity contribution < 1.29 is 19.1 Å². The lowest BCUT2D eigenvalue weighted by Crippen LogP contribution is -2.40. The Hall–Kier alpha value is -2.56. The van der Waals surface area contributed by atoms with Crippen LogP contribution in [0.3, 0.4) is 0 Å². The molecule has 5 nitrogen and oxygen atoms in total. The number of hydrogen-bond acceptors (Lipinski definition) is 5. The Morgan fingerprint density at radius 3 is 2.88 bits per heavy atom. The first-order valence-electron chi connectivity index (χ1n) is 8.59. The van der Waals surface area contributed by atoms with Gasteiger partial charge in [-0.3, -0.25) is 9.59 Å². The number of allylic oxidation sites excluding steroid dienone is 2. The van der Waals surface area contributed by atoms with E-state index in [1.807, 2.05) is 31.2 Å². The van der Waals surface area contributed by atoms with E-state index in [-0.39, 0.29) is 5.78 Å². The minimum atomic E-state index is -0.636. The van der Waals surface area contributed by atoms with Crippen LogP contribution in [0.1, 0.15) is 37.7 Å². The Balaban J connectivity index is 2.14. The third kappa shape index (κ3) is 3.18. The van der Waals surface area contributed by atoms with E-state index < -0.39 is 17.8 Å². The summed E-state index contributed by atoms with van der Waals surface area (Å²) in [5, 5.41) is 3.19. The number of rotatable bonds is 4. The maximum atomic E-state index is 12.7. The Bertz CT molecular complexity index is 750. The minimum absolute atomic E-state index is 0.0852. The smallest absolute Gasteiger partial charge is 0.315 e. The van der Waals surface area contributed by atoms with Crippen LogP contribution in [0.5, 0.6) is 5.75 Å². The van der Waals surface area contributed by atoms with Gasteiger partial charge < -0.3 is 14.8 Å². The molecule has 0 amide bonds. The van der Waals surface area contributed by atoms with Crippen molar-refractivity contribution in [3.63, 3.8) is 0 Å². The van der Waals surface area contributed by atoms with E-state index in [0.717, 1.165) is 29.9 Å². The minimum Gasteiger partial charge on any atom is -0.494 e. The van der Waals surface area contributed by atoms with Crippen LogP contribution in [0.25, 0.3) is 0 Å². The lowest BCUT2D eigenvalue weighted by atomic mass is 9.71. The highest BCUT2D eigenvalue weighted by Gasteiger charge is 2.43. The van der Waals surface area contributed by atoms with Crippen LogP contribution >= 0.6 is 0 Å². The second-order valence-electron chi connectivity index (χ2n) is 6.30. The number of nitrogens with one attached hydrogen (secondary N) is 1. The van der Waals surface area contributed by atoms with Gasteiger partial charge in [0.15, 0.2) is 5.78 Å². The first kappa shape index (κ1) is 17.3. The summed E-state index contributed by atoms with van der Waals surface area (Å²) in [4.78, 5) is 25.1. The van der Waals surface area contributed by atoms with Crippen LogP contribution in [0.2, 0.25) is 0 Å². The standard InChI is InChI=1S/C20H23NO4/c1-4-25-14-8-5-7-13(11-14)18-17(20(23)24-3)12(2)21-15-9-6-10-16(22)19(15)18/h5,7-8,11,17-18,21H,2,4,6,9-10H2,1,3H3. The third-order valence-corrected chi connectivity index (χ3v) is 4.77. The number of esters is 1. The van der Waals surface area contributed by atoms with E-state index in [9.17, 15) is 9.59 Å². The Kier molecular flexibility index (Phi) is 4.93. The fraction of sp³-hybridized carbons (Fsp3) is 0.400. The molecule has 0 spiro atoms. The van der Waals surface area contributed by atoms with Crippen molar-refractivity contribution in [2.24, 2.45) is 5.92 Å². The van der Waals surface area contributed by atoms with Crippen molar-refractivity contribution in [1.29, 1.82) is 0 Å². The van der Waals surface area contributed by atoms with Gasteiger partial charge in [0.2, 0.25) is 0 Å². The molecule has 25 heavy (non-hydrogen) atoms. The lowest BCUT2D eigenvalue weighted by Gasteiger charge is -2.38. The van der Waals surface area contributed by atoms with Crippen LogP contribution in [0.15, 0.2) is 47.8 Å². The molecule has 0 radical (unpaired) electrons. The van der Waals surface area contributed by atoms with E-state index >= 15 is 0 Å². The maximum Gasteiger partial charge on any atom is 0.315 e. The van der Waals surface area contributed by atoms with Crippen molar-refractivity contribution in [3.05, 3.63) is 53.4 Å². The van der Waals surface area contributed by atoms with Crippen LogP contribution in [0.4, 0.5) is 0 Å². The van der Waals surface area contributed by atoms with Crippen molar-refractivity contribution >= 4 is 11.8 Å². The molecule has 0 fully saturated rings. The molecule has 0 bridgehead atoms. The molecule has 0 saturated carbocycles. The molecule has 1 heterocycles. The molecule has 1 aliphatic carbocycles. The Labute approximate surface area is 147 Å². The van der Waals surface area contributed by atoms with Crippen LogP contribution in [-0.4, -0.2) is 25.5 Å². The van der Waals surface area contributed by atoms with E-state index in [1.165, 1.54) is 7.11 Å². The topological polar surface area (TPSA) is 64.6 Å². The van der Waals surface area contributed by atoms with Gasteiger partial charge in [0, 0.05) is 29.3 Å². The van der Waals surface area contributed by atoms with E-state index in [1.54, 1.807) is 0 Å². The third-order valence-electron chi connectivity index (χ3n) is 4.77. The van der Waals surface area contributed by atoms with Gasteiger partial charge in [0.1, 0.15) is 11.7 Å². The molecule has 5 heteroatoms. The SMILES string of the molecule is C=C1NC2=C(C(=O)CCC2)C(c2cccc(OCC)c2)C1C(=O)OC. The fourth-order valence-electron chi connectivity index (χ4n) is 3.72. The van der Waals surface area contributed by atoms with Crippen LogP contribution in [0, 0.1) is 5.92 Å². The summed E-state index contributed by atoms with van der Waals surface area (Å²) in [5.74, 6) is -0.624. The average molecular weight is 341 g/mol. The molecule has 3 rings (SSSR count).